The molecule has 0 radical (unpaired) electrons. The third-order valence-corrected chi connectivity index (χ3v) is 2.94. The Morgan fingerprint density at radius 3 is 2.18 bits per heavy atom. The minimum Gasteiger partial charge on any atom is -0.494 e. The molecule has 0 bridgehead atoms. The molecule has 22 heavy (non-hydrogen) atoms. The van der Waals surface area contributed by atoms with Crippen molar-refractivity contribution in [2.45, 2.75) is 6.92 Å². The SMILES string of the molecule is CCOc1ccc(OCC(=O)NN(C)c2ccccc2)cc1. The summed E-state index contributed by atoms with van der Waals surface area (Å²) in [6.45, 7) is 2.50. The van der Waals surface area contributed by atoms with Gasteiger partial charge in [-0.05, 0) is 43.3 Å². The largest absolute Gasteiger partial charge is 0.494 e. The molecule has 0 saturated carbocycles. The van der Waals surface area contributed by atoms with Crippen molar-refractivity contribution in [3.8, 4) is 11.5 Å². The predicted molar refractivity (Wildman–Crippen MR) is 86.1 cm³/mol. The van der Waals surface area contributed by atoms with Crippen LogP contribution in [0.15, 0.2) is 54.6 Å². The van der Waals surface area contributed by atoms with E-state index < -0.39 is 0 Å². The summed E-state index contributed by atoms with van der Waals surface area (Å²) in [6, 6.07) is 16.7. The lowest BCUT2D eigenvalue weighted by atomic mass is 10.3. The van der Waals surface area contributed by atoms with E-state index in [1.54, 1.807) is 24.2 Å². The average Bonchev–Trinajstić information content (AvgIpc) is 2.55. The molecule has 2 aromatic carbocycles. The quantitative estimate of drug-likeness (QED) is 0.799. The van der Waals surface area contributed by atoms with E-state index in [2.05, 4.69) is 5.43 Å². The number of hydrogen-bond donors (Lipinski definition) is 1. The van der Waals surface area contributed by atoms with E-state index in [0.29, 0.717) is 12.4 Å². The normalized spacial score (nSPS) is 9.91. The van der Waals surface area contributed by atoms with Crippen LogP contribution in [0.3, 0.4) is 0 Å². The second kappa shape index (κ2) is 7.93. The smallest absolute Gasteiger partial charge is 0.276 e. The molecule has 2 aromatic rings. The number of hydrogen-bond acceptors (Lipinski definition) is 4. The summed E-state index contributed by atoms with van der Waals surface area (Å²) in [6.07, 6.45) is 0. The van der Waals surface area contributed by atoms with Crippen molar-refractivity contribution in [2.24, 2.45) is 0 Å². The number of para-hydroxylation sites is 1. The molecule has 0 aliphatic rings. The lowest BCUT2D eigenvalue weighted by Gasteiger charge is -2.20. The van der Waals surface area contributed by atoms with Gasteiger partial charge in [0.2, 0.25) is 0 Å². The molecule has 0 spiro atoms. The fourth-order valence-corrected chi connectivity index (χ4v) is 1.88. The topological polar surface area (TPSA) is 50.8 Å². The molecule has 0 aliphatic heterocycles. The number of ether oxygens (including phenoxy) is 2. The number of nitrogens with one attached hydrogen (secondary N) is 1. The first kappa shape index (κ1) is 15.7. The van der Waals surface area contributed by atoms with E-state index in [1.807, 2.05) is 49.4 Å². The van der Waals surface area contributed by atoms with Crippen LogP contribution in [-0.4, -0.2) is 26.2 Å². The van der Waals surface area contributed by atoms with Gasteiger partial charge in [-0.1, -0.05) is 18.2 Å². The van der Waals surface area contributed by atoms with Crippen molar-refractivity contribution >= 4 is 11.6 Å². The second-order valence-corrected chi connectivity index (χ2v) is 4.62. The summed E-state index contributed by atoms with van der Waals surface area (Å²) in [5.74, 6) is 1.18. The minimum atomic E-state index is -0.222. The Balaban J connectivity index is 1.80. The summed E-state index contributed by atoms with van der Waals surface area (Å²) in [5, 5.41) is 1.66. The molecule has 5 nitrogen and oxygen atoms in total. The fourth-order valence-electron chi connectivity index (χ4n) is 1.88. The van der Waals surface area contributed by atoms with Gasteiger partial charge in [-0.25, -0.2) is 0 Å². The Kier molecular flexibility index (Phi) is 5.65. The first-order valence-corrected chi connectivity index (χ1v) is 7.13. The Labute approximate surface area is 130 Å². The number of amides is 1. The van der Waals surface area contributed by atoms with Crippen LogP contribution in [0.4, 0.5) is 5.69 Å². The summed E-state index contributed by atoms with van der Waals surface area (Å²) in [4.78, 5) is 11.9. The maximum absolute atomic E-state index is 11.9. The van der Waals surface area contributed by atoms with E-state index >= 15 is 0 Å². The van der Waals surface area contributed by atoms with Crippen LogP contribution in [-0.2, 0) is 4.79 Å². The summed E-state index contributed by atoms with van der Waals surface area (Å²) >= 11 is 0. The first-order chi connectivity index (χ1) is 10.7. The number of benzene rings is 2. The summed E-state index contributed by atoms with van der Waals surface area (Å²) in [7, 11) is 1.78. The Morgan fingerprint density at radius 2 is 1.59 bits per heavy atom. The van der Waals surface area contributed by atoms with Crippen molar-refractivity contribution in [1.29, 1.82) is 0 Å². The first-order valence-electron chi connectivity index (χ1n) is 7.13. The highest BCUT2D eigenvalue weighted by Crippen LogP contribution is 2.17. The predicted octanol–water partition coefficient (Wildman–Crippen LogP) is 2.63. The molecule has 1 amide bonds. The second-order valence-electron chi connectivity index (χ2n) is 4.62. The van der Waals surface area contributed by atoms with E-state index in [4.69, 9.17) is 9.47 Å². The lowest BCUT2D eigenvalue weighted by Crippen LogP contribution is -2.41. The lowest BCUT2D eigenvalue weighted by molar-refractivity contribution is -0.123. The zero-order valence-electron chi connectivity index (χ0n) is 12.8. The standard InChI is InChI=1S/C17H20N2O3/c1-3-21-15-9-11-16(12-10-15)22-13-17(20)18-19(2)14-7-5-4-6-8-14/h4-12H,3,13H2,1-2H3,(H,18,20). The van der Waals surface area contributed by atoms with Gasteiger partial charge in [0.1, 0.15) is 11.5 Å². The van der Waals surface area contributed by atoms with E-state index in [9.17, 15) is 4.79 Å². The highest BCUT2D eigenvalue weighted by atomic mass is 16.5. The van der Waals surface area contributed by atoms with Gasteiger partial charge in [-0.2, -0.15) is 0 Å². The number of carbonyl (C=O) groups excluding carboxylic acids is 1. The van der Waals surface area contributed by atoms with Crippen LogP contribution in [0, 0.1) is 0 Å². The maximum Gasteiger partial charge on any atom is 0.276 e. The van der Waals surface area contributed by atoms with Gasteiger partial charge in [0.25, 0.3) is 5.91 Å². The molecule has 5 heteroatoms. The van der Waals surface area contributed by atoms with Crippen LogP contribution in [0.5, 0.6) is 11.5 Å². The molecule has 0 fully saturated rings. The van der Waals surface area contributed by atoms with Crippen molar-refractivity contribution < 1.29 is 14.3 Å². The van der Waals surface area contributed by atoms with Crippen LogP contribution in [0.1, 0.15) is 6.92 Å². The fraction of sp³-hybridized carbons (Fsp3) is 0.235. The molecule has 1 N–H and O–H groups in total. The van der Waals surface area contributed by atoms with Gasteiger partial charge in [-0.15, -0.1) is 0 Å². The molecule has 0 heterocycles. The van der Waals surface area contributed by atoms with Crippen LogP contribution >= 0.6 is 0 Å². The molecule has 0 saturated heterocycles. The Hall–Kier alpha value is -2.69. The highest BCUT2D eigenvalue weighted by Gasteiger charge is 2.06. The van der Waals surface area contributed by atoms with E-state index in [0.717, 1.165) is 11.4 Å². The highest BCUT2D eigenvalue weighted by molar-refractivity contribution is 5.79. The minimum absolute atomic E-state index is 0.0504. The number of rotatable bonds is 7. The van der Waals surface area contributed by atoms with Crippen molar-refractivity contribution in [3.63, 3.8) is 0 Å². The average molecular weight is 300 g/mol. The Morgan fingerprint density at radius 1 is 1.00 bits per heavy atom. The monoisotopic (exact) mass is 300 g/mol. The summed E-state index contributed by atoms with van der Waals surface area (Å²) in [5.41, 5.74) is 3.64. The van der Waals surface area contributed by atoms with Gasteiger partial charge in [0.05, 0.1) is 12.3 Å². The number of carbonyl (C=O) groups is 1. The third kappa shape index (κ3) is 4.70. The zero-order valence-corrected chi connectivity index (χ0v) is 12.8. The molecular formula is C17H20N2O3. The van der Waals surface area contributed by atoms with Crippen LogP contribution in [0.25, 0.3) is 0 Å². The van der Waals surface area contributed by atoms with Gasteiger partial charge in [0.15, 0.2) is 6.61 Å². The van der Waals surface area contributed by atoms with Crippen LogP contribution < -0.4 is 19.9 Å². The van der Waals surface area contributed by atoms with Gasteiger partial charge in [-0.3, -0.25) is 15.2 Å². The van der Waals surface area contributed by atoms with Crippen LogP contribution in [0.2, 0.25) is 0 Å². The van der Waals surface area contributed by atoms with E-state index in [1.165, 1.54) is 0 Å². The molecule has 2 rings (SSSR count). The molecule has 0 atom stereocenters. The van der Waals surface area contributed by atoms with Gasteiger partial charge >= 0.3 is 0 Å². The summed E-state index contributed by atoms with van der Waals surface area (Å²) < 4.78 is 10.8. The third-order valence-electron chi connectivity index (χ3n) is 2.94. The van der Waals surface area contributed by atoms with Crippen molar-refractivity contribution in [1.82, 2.24) is 5.43 Å². The zero-order chi connectivity index (χ0) is 15.8. The number of anilines is 1. The number of hydrazine groups is 1. The molecule has 116 valence electrons. The molecular weight excluding hydrogens is 280 g/mol. The van der Waals surface area contributed by atoms with Gasteiger partial charge < -0.3 is 9.47 Å². The molecule has 0 unspecified atom stereocenters. The number of nitrogens with zero attached hydrogens (tertiary/aromatic N) is 1. The molecule has 0 aromatic heterocycles. The Bertz CT molecular complexity index is 585. The van der Waals surface area contributed by atoms with E-state index in [-0.39, 0.29) is 12.5 Å². The van der Waals surface area contributed by atoms with Gasteiger partial charge in [0, 0.05) is 7.05 Å². The maximum atomic E-state index is 11.9. The van der Waals surface area contributed by atoms with Crippen molar-refractivity contribution in [3.05, 3.63) is 54.6 Å². The van der Waals surface area contributed by atoms with Crippen molar-refractivity contribution in [2.75, 3.05) is 25.3 Å². The molecule has 0 aliphatic carbocycles.